The molecule has 6 heteroatoms. The Labute approximate surface area is 113 Å². The summed E-state index contributed by atoms with van der Waals surface area (Å²) in [7, 11) is 0. The van der Waals surface area contributed by atoms with Crippen LogP contribution in [0.4, 0.5) is 4.79 Å². The maximum atomic E-state index is 11.3. The van der Waals surface area contributed by atoms with Gasteiger partial charge < -0.3 is 20.5 Å². The molecule has 1 aliphatic rings. The topological polar surface area (TPSA) is 87.7 Å². The number of carbonyl (C=O) groups excluding carboxylic acids is 1. The highest BCUT2D eigenvalue weighted by Crippen LogP contribution is 2.20. The molecular weight excluding hydrogens is 248 g/mol. The molecule has 1 atom stereocenters. The van der Waals surface area contributed by atoms with Gasteiger partial charge in [-0.1, -0.05) is 12.8 Å². The molecule has 1 saturated heterocycles. The number of carbonyl (C=O) groups is 2. The molecule has 0 saturated carbocycles. The number of amides is 2. The van der Waals surface area contributed by atoms with Crippen LogP contribution in [0, 0.1) is 5.92 Å². The summed E-state index contributed by atoms with van der Waals surface area (Å²) in [5, 5.41) is 13.7. The highest BCUT2D eigenvalue weighted by atomic mass is 16.5. The lowest BCUT2D eigenvalue weighted by Crippen LogP contribution is -2.44. The Kier molecular flexibility index (Phi) is 7.25. The monoisotopic (exact) mass is 272 g/mol. The second-order valence-corrected chi connectivity index (χ2v) is 5.01. The first-order valence-corrected chi connectivity index (χ1v) is 6.94. The maximum absolute atomic E-state index is 11.3. The van der Waals surface area contributed by atoms with Crippen LogP contribution in [0.15, 0.2) is 0 Å². The number of hydrogen-bond acceptors (Lipinski definition) is 3. The number of carboxylic acid groups (broad SMARTS) is 1. The third-order valence-corrected chi connectivity index (χ3v) is 3.38. The molecule has 2 amide bonds. The predicted molar refractivity (Wildman–Crippen MR) is 71.0 cm³/mol. The SMILES string of the molecule is CC(NC(=O)NCCCCC1CCOCC1)C(=O)O. The zero-order chi connectivity index (χ0) is 14.1. The van der Waals surface area contributed by atoms with E-state index < -0.39 is 18.0 Å². The third-order valence-electron chi connectivity index (χ3n) is 3.38. The van der Waals surface area contributed by atoms with Crippen molar-refractivity contribution in [1.82, 2.24) is 10.6 Å². The van der Waals surface area contributed by atoms with Crippen molar-refractivity contribution in [3.63, 3.8) is 0 Å². The van der Waals surface area contributed by atoms with E-state index in [1.54, 1.807) is 0 Å². The normalized spacial score (nSPS) is 17.7. The number of rotatable bonds is 7. The zero-order valence-electron chi connectivity index (χ0n) is 11.5. The first kappa shape index (κ1) is 15.8. The Bertz CT molecular complexity index is 290. The van der Waals surface area contributed by atoms with Gasteiger partial charge in [0.25, 0.3) is 0 Å². The summed E-state index contributed by atoms with van der Waals surface area (Å²) in [5.74, 6) is -0.274. The van der Waals surface area contributed by atoms with Crippen LogP contribution in [0.1, 0.15) is 39.0 Å². The molecule has 110 valence electrons. The largest absolute Gasteiger partial charge is 0.480 e. The molecule has 6 nitrogen and oxygen atoms in total. The molecule has 0 bridgehead atoms. The van der Waals surface area contributed by atoms with Crippen molar-refractivity contribution in [2.45, 2.75) is 45.1 Å². The zero-order valence-corrected chi connectivity index (χ0v) is 11.5. The Hall–Kier alpha value is -1.30. The van der Waals surface area contributed by atoms with Crippen LogP contribution in [0.2, 0.25) is 0 Å². The molecule has 3 N–H and O–H groups in total. The van der Waals surface area contributed by atoms with Crippen LogP contribution >= 0.6 is 0 Å². The molecule has 0 spiro atoms. The van der Waals surface area contributed by atoms with E-state index in [1.807, 2.05) is 0 Å². The Balaban J connectivity index is 1.97. The van der Waals surface area contributed by atoms with Crippen LogP contribution in [0.3, 0.4) is 0 Å². The Morgan fingerprint density at radius 2 is 2.00 bits per heavy atom. The van der Waals surface area contributed by atoms with Gasteiger partial charge in [0.05, 0.1) is 0 Å². The van der Waals surface area contributed by atoms with Crippen molar-refractivity contribution in [3.8, 4) is 0 Å². The van der Waals surface area contributed by atoms with Gasteiger partial charge in [0.15, 0.2) is 0 Å². The first-order valence-electron chi connectivity index (χ1n) is 6.94. The Morgan fingerprint density at radius 3 is 2.63 bits per heavy atom. The predicted octanol–water partition coefficient (Wildman–Crippen LogP) is 1.36. The lowest BCUT2D eigenvalue weighted by molar-refractivity contribution is -0.138. The summed E-state index contributed by atoms with van der Waals surface area (Å²) in [5.41, 5.74) is 0. The molecular formula is C13H24N2O4. The van der Waals surface area contributed by atoms with Crippen LogP contribution < -0.4 is 10.6 Å². The number of urea groups is 1. The highest BCUT2D eigenvalue weighted by molar-refractivity contribution is 5.82. The Morgan fingerprint density at radius 1 is 1.32 bits per heavy atom. The lowest BCUT2D eigenvalue weighted by atomic mass is 9.94. The van der Waals surface area contributed by atoms with Gasteiger partial charge in [-0.25, -0.2) is 4.79 Å². The summed E-state index contributed by atoms with van der Waals surface area (Å²) in [4.78, 5) is 21.9. The minimum absolute atomic E-state index is 0.416. The van der Waals surface area contributed by atoms with Crippen molar-refractivity contribution in [2.75, 3.05) is 19.8 Å². The molecule has 0 radical (unpaired) electrons. The van der Waals surface area contributed by atoms with Gasteiger partial charge in [-0.15, -0.1) is 0 Å². The molecule has 19 heavy (non-hydrogen) atoms. The summed E-state index contributed by atoms with van der Waals surface area (Å²) >= 11 is 0. The van der Waals surface area contributed by atoms with E-state index in [0.717, 1.165) is 44.8 Å². The number of ether oxygens (including phenoxy) is 1. The fraction of sp³-hybridized carbons (Fsp3) is 0.846. The van der Waals surface area contributed by atoms with Crippen molar-refractivity contribution in [2.24, 2.45) is 5.92 Å². The number of nitrogens with one attached hydrogen (secondary N) is 2. The van der Waals surface area contributed by atoms with Crippen LogP contribution in [-0.2, 0) is 9.53 Å². The van der Waals surface area contributed by atoms with E-state index in [1.165, 1.54) is 13.3 Å². The maximum Gasteiger partial charge on any atom is 0.325 e. The van der Waals surface area contributed by atoms with Crippen LogP contribution in [0.5, 0.6) is 0 Å². The van der Waals surface area contributed by atoms with Gasteiger partial charge in [0, 0.05) is 19.8 Å². The molecule has 0 aromatic rings. The number of hydrogen-bond donors (Lipinski definition) is 3. The van der Waals surface area contributed by atoms with Gasteiger partial charge in [-0.05, 0) is 32.1 Å². The second-order valence-electron chi connectivity index (χ2n) is 5.01. The van der Waals surface area contributed by atoms with Crippen molar-refractivity contribution >= 4 is 12.0 Å². The summed E-state index contributed by atoms with van der Waals surface area (Å²) < 4.78 is 5.30. The minimum atomic E-state index is -1.03. The summed E-state index contributed by atoms with van der Waals surface area (Å²) in [6.45, 7) is 3.77. The summed E-state index contributed by atoms with van der Waals surface area (Å²) in [6.07, 6.45) is 5.47. The van der Waals surface area contributed by atoms with Crippen molar-refractivity contribution in [3.05, 3.63) is 0 Å². The third kappa shape index (κ3) is 7.00. The van der Waals surface area contributed by atoms with Gasteiger partial charge in [0.2, 0.25) is 0 Å². The van der Waals surface area contributed by atoms with Crippen LogP contribution in [-0.4, -0.2) is 42.9 Å². The van der Waals surface area contributed by atoms with Gasteiger partial charge in [-0.2, -0.15) is 0 Å². The van der Waals surface area contributed by atoms with E-state index in [2.05, 4.69) is 10.6 Å². The molecule has 1 aliphatic heterocycles. The van der Waals surface area contributed by atoms with E-state index in [-0.39, 0.29) is 0 Å². The quantitative estimate of drug-likeness (QED) is 0.611. The standard InChI is InChI=1S/C13H24N2O4/c1-10(12(16)17)15-13(18)14-7-3-2-4-11-5-8-19-9-6-11/h10-11H,2-9H2,1H3,(H,16,17)(H2,14,15,18). The fourth-order valence-corrected chi connectivity index (χ4v) is 2.10. The second kappa shape index (κ2) is 8.74. The average molecular weight is 272 g/mol. The highest BCUT2D eigenvalue weighted by Gasteiger charge is 2.14. The van der Waals surface area contributed by atoms with E-state index in [4.69, 9.17) is 9.84 Å². The van der Waals surface area contributed by atoms with E-state index in [9.17, 15) is 9.59 Å². The minimum Gasteiger partial charge on any atom is -0.480 e. The average Bonchev–Trinajstić information content (AvgIpc) is 2.39. The van der Waals surface area contributed by atoms with Gasteiger partial charge >= 0.3 is 12.0 Å². The first-order chi connectivity index (χ1) is 9.09. The van der Waals surface area contributed by atoms with Crippen LogP contribution in [0.25, 0.3) is 0 Å². The van der Waals surface area contributed by atoms with Gasteiger partial charge in [0.1, 0.15) is 6.04 Å². The van der Waals surface area contributed by atoms with E-state index in [0.29, 0.717) is 6.54 Å². The fourth-order valence-electron chi connectivity index (χ4n) is 2.10. The summed E-state index contributed by atoms with van der Waals surface area (Å²) in [6, 6.07) is -1.27. The van der Waals surface area contributed by atoms with Gasteiger partial charge in [-0.3, -0.25) is 4.79 Å². The molecule has 1 fully saturated rings. The molecule has 0 aromatic heterocycles. The molecule has 0 aliphatic carbocycles. The van der Waals surface area contributed by atoms with Crippen molar-refractivity contribution in [1.29, 1.82) is 0 Å². The molecule has 1 rings (SSSR count). The number of unbranched alkanes of at least 4 members (excludes halogenated alkanes) is 1. The van der Waals surface area contributed by atoms with Crippen molar-refractivity contribution < 1.29 is 19.4 Å². The molecule has 1 heterocycles. The van der Waals surface area contributed by atoms with E-state index >= 15 is 0 Å². The molecule has 1 unspecified atom stereocenters. The number of carboxylic acids is 1. The smallest absolute Gasteiger partial charge is 0.325 e. The molecule has 0 aromatic carbocycles. The number of aliphatic carboxylic acids is 1. The lowest BCUT2D eigenvalue weighted by Gasteiger charge is -2.21.